The van der Waals surface area contributed by atoms with Crippen LogP contribution in [0.15, 0.2) is 29.2 Å². The summed E-state index contributed by atoms with van der Waals surface area (Å²) in [6, 6.07) is 2.02. The Morgan fingerprint density at radius 2 is 2.24 bits per heavy atom. The lowest BCUT2D eigenvalue weighted by Gasteiger charge is -2.32. The van der Waals surface area contributed by atoms with Crippen molar-refractivity contribution in [2.75, 3.05) is 26.2 Å². The Bertz CT molecular complexity index is 663. The quantitative estimate of drug-likeness (QED) is 0.770. The summed E-state index contributed by atoms with van der Waals surface area (Å²) in [4.78, 5) is 16.6. The van der Waals surface area contributed by atoms with E-state index in [1.165, 1.54) is 18.4 Å². The summed E-state index contributed by atoms with van der Waals surface area (Å²) in [6.45, 7) is 9.21. The van der Waals surface area contributed by atoms with Crippen molar-refractivity contribution >= 4 is 5.91 Å². The third-order valence-corrected chi connectivity index (χ3v) is 4.84. The number of amides is 1. The number of hydrogen-bond acceptors (Lipinski definition) is 5. The smallest absolute Gasteiger partial charge is 0.276 e. The molecule has 3 heterocycles. The number of piperidine rings is 1. The van der Waals surface area contributed by atoms with E-state index in [9.17, 15) is 4.79 Å². The second-order valence-corrected chi connectivity index (χ2v) is 6.68. The molecule has 25 heavy (non-hydrogen) atoms. The fourth-order valence-electron chi connectivity index (χ4n) is 3.51. The summed E-state index contributed by atoms with van der Waals surface area (Å²) >= 11 is 0. The van der Waals surface area contributed by atoms with Crippen molar-refractivity contribution in [2.24, 2.45) is 5.92 Å². The predicted octanol–water partition coefficient (Wildman–Crippen LogP) is 2.27. The number of nitrogens with zero attached hydrogens (tertiary/aromatic N) is 5. The van der Waals surface area contributed by atoms with Crippen molar-refractivity contribution in [3.8, 4) is 0 Å². The van der Waals surface area contributed by atoms with Gasteiger partial charge in [-0.15, -0.1) is 5.10 Å². The van der Waals surface area contributed by atoms with Gasteiger partial charge in [0.15, 0.2) is 5.69 Å². The van der Waals surface area contributed by atoms with Crippen LogP contribution >= 0.6 is 0 Å². The van der Waals surface area contributed by atoms with Crippen LogP contribution in [0.1, 0.15) is 42.7 Å². The second-order valence-electron chi connectivity index (χ2n) is 6.68. The molecule has 0 unspecified atom stereocenters. The standard InChI is InChI=1S/C18H27N5O2/c1-3-22(4-2)18(24)17-13-23(20-19-17)12-15-6-5-8-21(10-15)11-16-7-9-25-14-16/h7,9,13-15H,3-6,8,10-12H2,1-2H3/t15-/m1/s1. The molecule has 1 atom stereocenters. The minimum absolute atomic E-state index is 0.0403. The van der Waals surface area contributed by atoms with Crippen molar-refractivity contribution in [1.82, 2.24) is 24.8 Å². The Kier molecular flexibility index (Phi) is 5.86. The largest absolute Gasteiger partial charge is 0.472 e. The van der Waals surface area contributed by atoms with Crippen molar-refractivity contribution in [2.45, 2.75) is 39.8 Å². The van der Waals surface area contributed by atoms with E-state index in [4.69, 9.17) is 4.42 Å². The first kappa shape index (κ1) is 17.7. The third-order valence-electron chi connectivity index (χ3n) is 4.84. The zero-order valence-electron chi connectivity index (χ0n) is 15.1. The van der Waals surface area contributed by atoms with E-state index >= 15 is 0 Å². The number of carbonyl (C=O) groups excluding carboxylic acids is 1. The summed E-state index contributed by atoms with van der Waals surface area (Å²) in [7, 11) is 0. The van der Waals surface area contributed by atoms with Crippen LogP contribution in [0.2, 0.25) is 0 Å². The topological polar surface area (TPSA) is 67.4 Å². The lowest BCUT2D eigenvalue weighted by Crippen LogP contribution is -2.36. The summed E-state index contributed by atoms with van der Waals surface area (Å²) in [5.74, 6) is 0.486. The van der Waals surface area contributed by atoms with E-state index in [0.717, 1.165) is 26.2 Å². The van der Waals surface area contributed by atoms with Gasteiger partial charge in [-0.2, -0.15) is 0 Å². The Labute approximate surface area is 148 Å². The van der Waals surface area contributed by atoms with Gasteiger partial charge >= 0.3 is 0 Å². The Hall–Kier alpha value is -2.15. The van der Waals surface area contributed by atoms with E-state index in [1.807, 2.05) is 30.9 Å². The average molecular weight is 345 g/mol. The highest BCUT2D eigenvalue weighted by molar-refractivity contribution is 5.91. The highest BCUT2D eigenvalue weighted by atomic mass is 16.3. The van der Waals surface area contributed by atoms with Crippen LogP contribution in [0, 0.1) is 5.92 Å². The van der Waals surface area contributed by atoms with E-state index in [-0.39, 0.29) is 5.91 Å². The van der Waals surface area contributed by atoms with Crippen LogP contribution < -0.4 is 0 Å². The fourth-order valence-corrected chi connectivity index (χ4v) is 3.51. The summed E-state index contributed by atoms with van der Waals surface area (Å²) in [6.07, 6.45) is 7.69. The van der Waals surface area contributed by atoms with E-state index in [2.05, 4.69) is 15.2 Å². The zero-order valence-corrected chi connectivity index (χ0v) is 15.1. The van der Waals surface area contributed by atoms with Gasteiger partial charge in [0.2, 0.25) is 0 Å². The van der Waals surface area contributed by atoms with Gasteiger partial charge in [0.1, 0.15) is 0 Å². The number of aromatic nitrogens is 3. The fraction of sp³-hybridized carbons (Fsp3) is 0.611. The molecule has 0 saturated carbocycles. The molecule has 2 aromatic rings. The molecule has 0 aliphatic carbocycles. The highest BCUT2D eigenvalue weighted by Crippen LogP contribution is 2.20. The van der Waals surface area contributed by atoms with Crippen molar-refractivity contribution in [1.29, 1.82) is 0 Å². The molecule has 0 radical (unpaired) electrons. The van der Waals surface area contributed by atoms with Crippen molar-refractivity contribution < 1.29 is 9.21 Å². The maximum absolute atomic E-state index is 12.3. The number of rotatable bonds is 7. The van der Waals surface area contributed by atoms with Crippen LogP contribution in [-0.2, 0) is 13.1 Å². The molecule has 3 rings (SSSR count). The SMILES string of the molecule is CCN(CC)C(=O)c1cn(C[C@@H]2CCCN(Cc3ccoc3)C2)nn1. The van der Waals surface area contributed by atoms with Gasteiger partial charge < -0.3 is 9.32 Å². The van der Waals surface area contributed by atoms with E-state index < -0.39 is 0 Å². The number of furan rings is 1. The molecular weight excluding hydrogens is 318 g/mol. The van der Waals surface area contributed by atoms with Crippen LogP contribution in [0.5, 0.6) is 0 Å². The molecule has 2 aromatic heterocycles. The monoisotopic (exact) mass is 345 g/mol. The maximum Gasteiger partial charge on any atom is 0.276 e. The van der Waals surface area contributed by atoms with Crippen molar-refractivity contribution in [3.63, 3.8) is 0 Å². The molecule has 0 bridgehead atoms. The zero-order chi connectivity index (χ0) is 17.6. The summed E-state index contributed by atoms with van der Waals surface area (Å²) in [5.41, 5.74) is 1.66. The molecule has 1 fully saturated rings. The first-order chi connectivity index (χ1) is 12.2. The molecule has 1 aliphatic rings. The van der Waals surface area contributed by atoms with Gasteiger partial charge in [-0.25, -0.2) is 0 Å². The molecule has 0 spiro atoms. The minimum Gasteiger partial charge on any atom is -0.472 e. The maximum atomic E-state index is 12.3. The lowest BCUT2D eigenvalue weighted by atomic mass is 9.98. The predicted molar refractivity (Wildman–Crippen MR) is 94.0 cm³/mol. The minimum atomic E-state index is -0.0403. The van der Waals surface area contributed by atoms with Gasteiger partial charge in [-0.3, -0.25) is 14.4 Å². The van der Waals surface area contributed by atoms with Crippen LogP contribution in [0.3, 0.4) is 0 Å². The summed E-state index contributed by atoms with van der Waals surface area (Å²) < 4.78 is 6.98. The molecule has 1 amide bonds. The summed E-state index contributed by atoms with van der Waals surface area (Å²) in [5, 5.41) is 8.24. The third kappa shape index (κ3) is 4.48. The molecule has 7 nitrogen and oxygen atoms in total. The molecule has 136 valence electrons. The van der Waals surface area contributed by atoms with Crippen molar-refractivity contribution in [3.05, 3.63) is 36.0 Å². The first-order valence-electron chi connectivity index (χ1n) is 9.12. The lowest BCUT2D eigenvalue weighted by molar-refractivity contribution is 0.0767. The Morgan fingerprint density at radius 1 is 1.40 bits per heavy atom. The van der Waals surface area contributed by atoms with Crippen LogP contribution in [0.25, 0.3) is 0 Å². The molecule has 0 aromatic carbocycles. The molecule has 1 saturated heterocycles. The molecule has 7 heteroatoms. The van der Waals surface area contributed by atoms with Crippen LogP contribution in [0.4, 0.5) is 0 Å². The van der Waals surface area contributed by atoms with Gasteiger partial charge in [-0.05, 0) is 45.2 Å². The molecule has 0 N–H and O–H groups in total. The second kappa shape index (κ2) is 8.29. The Balaban J connectivity index is 1.56. The average Bonchev–Trinajstić information content (AvgIpc) is 3.28. The number of likely N-dealkylation sites (tertiary alicyclic amines) is 1. The molecule has 1 aliphatic heterocycles. The van der Waals surface area contributed by atoms with Gasteiger partial charge in [0.25, 0.3) is 5.91 Å². The van der Waals surface area contributed by atoms with Gasteiger partial charge in [0, 0.05) is 38.3 Å². The normalized spacial score (nSPS) is 18.4. The van der Waals surface area contributed by atoms with Gasteiger partial charge in [-0.1, -0.05) is 5.21 Å². The van der Waals surface area contributed by atoms with E-state index in [0.29, 0.717) is 24.7 Å². The molecular formula is C18H27N5O2. The van der Waals surface area contributed by atoms with Gasteiger partial charge in [0.05, 0.1) is 18.7 Å². The first-order valence-corrected chi connectivity index (χ1v) is 9.12. The van der Waals surface area contributed by atoms with E-state index in [1.54, 1.807) is 17.4 Å². The van der Waals surface area contributed by atoms with Crippen LogP contribution in [-0.4, -0.2) is 56.9 Å². The Morgan fingerprint density at radius 3 is 2.96 bits per heavy atom. The number of carbonyl (C=O) groups is 1. The highest BCUT2D eigenvalue weighted by Gasteiger charge is 2.22. The number of hydrogen-bond donors (Lipinski definition) is 0.